The summed E-state index contributed by atoms with van der Waals surface area (Å²) in [6.07, 6.45) is 0. The maximum absolute atomic E-state index is 13.2. The van der Waals surface area contributed by atoms with E-state index < -0.39 is 5.97 Å². The number of carbonyl (C=O) groups is 2. The highest BCUT2D eigenvalue weighted by Crippen LogP contribution is 2.13. The zero-order chi connectivity index (χ0) is 14.9. The number of aromatic carboxylic acids is 1. The summed E-state index contributed by atoms with van der Waals surface area (Å²) in [5.74, 6) is -1.71. The van der Waals surface area contributed by atoms with Crippen LogP contribution in [0.15, 0.2) is 30.3 Å². The summed E-state index contributed by atoms with van der Waals surface area (Å²) in [5.41, 5.74) is 1.51. The van der Waals surface area contributed by atoms with Crippen LogP contribution in [0.3, 0.4) is 0 Å². The zero-order valence-electron chi connectivity index (χ0n) is 11.2. The fourth-order valence-electron chi connectivity index (χ4n) is 2.02. The summed E-state index contributed by atoms with van der Waals surface area (Å²) in [4.78, 5) is 23.2. The van der Waals surface area contributed by atoms with Gasteiger partial charge in [0, 0.05) is 11.3 Å². The highest BCUT2D eigenvalue weighted by Gasteiger charge is 2.16. The van der Waals surface area contributed by atoms with Crippen molar-refractivity contribution in [2.45, 2.75) is 20.4 Å². The summed E-state index contributed by atoms with van der Waals surface area (Å²) in [7, 11) is 0. The molecule has 0 radical (unpaired) electrons. The third kappa shape index (κ3) is 2.61. The van der Waals surface area contributed by atoms with Gasteiger partial charge in [-0.05, 0) is 49.7 Å². The lowest BCUT2D eigenvalue weighted by molar-refractivity contribution is 0.0684. The lowest BCUT2D eigenvalue weighted by Gasteiger charge is -2.09. The SMILES string of the molecule is Cc1cc(C(=O)Cn2c(C)ccc2C(=O)O)ccc1F. The third-order valence-electron chi connectivity index (χ3n) is 3.20. The van der Waals surface area contributed by atoms with E-state index in [1.165, 1.54) is 28.8 Å². The van der Waals surface area contributed by atoms with Crippen LogP contribution in [0.4, 0.5) is 4.39 Å². The zero-order valence-corrected chi connectivity index (χ0v) is 11.2. The molecule has 20 heavy (non-hydrogen) atoms. The van der Waals surface area contributed by atoms with Crippen LogP contribution in [0.2, 0.25) is 0 Å². The van der Waals surface area contributed by atoms with Crippen molar-refractivity contribution in [2.75, 3.05) is 0 Å². The minimum Gasteiger partial charge on any atom is -0.477 e. The van der Waals surface area contributed by atoms with E-state index >= 15 is 0 Å². The Morgan fingerprint density at radius 3 is 2.50 bits per heavy atom. The number of Topliss-reactive ketones (excluding diaryl/α,β-unsaturated/α-hetero) is 1. The Morgan fingerprint density at radius 2 is 1.90 bits per heavy atom. The number of hydrogen-bond donors (Lipinski definition) is 1. The van der Waals surface area contributed by atoms with Gasteiger partial charge in [0.25, 0.3) is 0 Å². The van der Waals surface area contributed by atoms with E-state index in [-0.39, 0.29) is 23.8 Å². The van der Waals surface area contributed by atoms with E-state index in [0.717, 1.165) is 0 Å². The van der Waals surface area contributed by atoms with Crippen LogP contribution >= 0.6 is 0 Å². The number of rotatable bonds is 4. The molecule has 1 aromatic heterocycles. The van der Waals surface area contributed by atoms with Crippen molar-refractivity contribution in [1.82, 2.24) is 4.57 Å². The number of benzene rings is 1. The molecule has 1 heterocycles. The van der Waals surface area contributed by atoms with Crippen molar-refractivity contribution < 1.29 is 19.1 Å². The number of aromatic nitrogens is 1. The van der Waals surface area contributed by atoms with E-state index in [1.54, 1.807) is 19.9 Å². The summed E-state index contributed by atoms with van der Waals surface area (Å²) >= 11 is 0. The first-order valence-corrected chi connectivity index (χ1v) is 6.09. The molecule has 1 N–H and O–H groups in total. The van der Waals surface area contributed by atoms with Gasteiger partial charge in [0.15, 0.2) is 5.78 Å². The number of hydrogen-bond acceptors (Lipinski definition) is 2. The Bertz CT molecular complexity index is 688. The molecule has 0 aliphatic rings. The van der Waals surface area contributed by atoms with E-state index in [4.69, 9.17) is 5.11 Å². The standard InChI is InChI=1S/C15H14FNO3/c1-9-7-11(4-5-12(9)16)14(18)8-17-10(2)3-6-13(17)15(19)20/h3-7H,8H2,1-2H3,(H,19,20). The second kappa shape index (κ2) is 5.28. The van der Waals surface area contributed by atoms with Crippen LogP contribution in [-0.2, 0) is 6.54 Å². The largest absolute Gasteiger partial charge is 0.477 e. The van der Waals surface area contributed by atoms with Crippen molar-refractivity contribution in [3.63, 3.8) is 0 Å². The first-order valence-electron chi connectivity index (χ1n) is 6.09. The Hall–Kier alpha value is -2.43. The Labute approximate surface area is 115 Å². The maximum atomic E-state index is 13.2. The van der Waals surface area contributed by atoms with Crippen LogP contribution in [0.5, 0.6) is 0 Å². The molecule has 0 amide bonds. The quantitative estimate of drug-likeness (QED) is 0.873. The third-order valence-corrected chi connectivity index (χ3v) is 3.20. The monoisotopic (exact) mass is 275 g/mol. The van der Waals surface area contributed by atoms with Gasteiger partial charge in [-0.2, -0.15) is 0 Å². The first kappa shape index (κ1) is 14.0. The molecule has 104 valence electrons. The van der Waals surface area contributed by atoms with Gasteiger partial charge in [0.1, 0.15) is 11.5 Å². The Balaban J connectivity index is 2.30. The van der Waals surface area contributed by atoms with E-state index in [9.17, 15) is 14.0 Å². The van der Waals surface area contributed by atoms with Gasteiger partial charge >= 0.3 is 5.97 Å². The van der Waals surface area contributed by atoms with Gasteiger partial charge in [-0.3, -0.25) is 4.79 Å². The summed E-state index contributed by atoms with van der Waals surface area (Å²) < 4.78 is 14.6. The molecule has 0 saturated carbocycles. The van der Waals surface area contributed by atoms with Gasteiger partial charge in [0.2, 0.25) is 0 Å². The summed E-state index contributed by atoms with van der Waals surface area (Å²) in [6.45, 7) is 3.23. The van der Waals surface area contributed by atoms with E-state index in [1.807, 2.05) is 0 Å². The Kier molecular flexibility index (Phi) is 3.70. The molecule has 5 heteroatoms. The Morgan fingerprint density at radius 1 is 1.20 bits per heavy atom. The van der Waals surface area contributed by atoms with E-state index in [0.29, 0.717) is 16.8 Å². The molecular weight excluding hydrogens is 261 g/mol. The van der Waals surface area contributed by atoms with Crippen molar-refractivity contribution in [3.05, 3.63) is 58.7 Å². The molecule has 0 atom stereocenters. The molecule has 0 saturated heterocycles. The van der Waals surface area contributed by atoms with Crippen molar-refractivity contribution in [1.29, 1.82) is 0 Å². The van der Waals surface area contributed by atoms with Crippen LogP contribution in [0, 0.1) is 19.7 Å². The average Bonchev–Trinajstić information content (AvgIpc) is 2.74. The molecule has 2 aromatic rings. The lowest BCUT2D eigenvalue weighted by Crippen LogP contribution is -2.16. The number of carboxylic acid groups (broad SMARTS) is 1. The predicted molar refractivity (Wildman–Crippen MR) is 71.6 cm³/mol. The summed E-state index contributed by atoms with van der Waals surface area (Å²) in [5, 5.41) is 9.06. The maximum Gasteiger partial charge on any atom is 0.352 e. The van der Waals surface area contributed by atoms with Gasteiger partial charge in [0.05, 0.1) is 6.54 Å². The second-order valence-corrected chi connectivity index (χ2v) is 4.64. The van der Waals surface area contributed by atoms with Crippen LogP contribution < -0.4 is 0 Å². The van der Waals surface area contributed by atoms with Crippen molar-refractivity contribution in [2.24, 2.45) is 0 Å². The number of carboxylic acids is 1. The molecular formula is C15H14FNO3. The smallest absolute Gasteiger partial charge is 0.352 e. The molecule has 0 unspecified atom stereocenters. The fourth-order valence-corrected chi connectivity index (χ4v) is 2.02. The van der Waals surface area contributed by atoms with Crippen LogP contribution in [-0.4, -0.2) is 21.4 Å². The predicted octanol–water partition coefficient (Wildman–Crippen LogP) is 2.83. The van der Waals surface area contributed by atoms with Crippen LogP contribution in [0.25, 0.3) is 0 Å². The first-order chi connectivity index (χ1) is 9.40. The summed E-state index contributed by atoms with van der Waals surface area (Å²) in [6, 6.07) is 7.22. The lowest BCUT2D eigenvalue weighted by atomic mass is 10.1. The van der Waals surface area contributed by atoms with Crippen molar-refractivity contribution in [3.8, 4) is 0 Å². The molecule has 0 aliphatic heterocycles. The van der Waals surface area contributed by atoms with Crippen molar-refractivity contribution >= 4 is 11.8 Å². The number of aryl methyl sites for hydroxylation is 2. The molecule has 0 fully saturated rings. The van der Waals surface area contributed by atoms with Gasteiger partial charge in [-0.15, -0.1) is 0 Å². The van der Waals surface area contributed by atoms with Gasteiger partial charge in [-0.1, -0.05) is 0 Å². The number of nitrogens with zero attached hydrogens (tertiary/aromatic N) is 1. The highest BCUT2D eigenvalue weighted by atomic mass is 19.1. The van der Waals surface area contributed by atoms with Gasteiger partial charge < -0.3 is 9.67 Å². The number of halogens is 1. The molecule has 0 spiro atoms. The highest BCUT2D eigenvalue weighted by molar-refractivity contribution is 5.97. The van der Waals surface area contributed by atoms with Gasteiger partial charge in [-0.25, -0.2) is 9.18 Å². The molecule has 0 bridgehead atoms. The van der Waals surface area contributed by atoms with Crippen LogP contribution in [0.1, 0.15) is 32.1 Å². The molecule has 0 aliphatic carbocycles. The molecule has 1 aromatic carbocycles. The minimum absolute atomic E-state index is 0.0645. The second-order valence-electron chi connectivity index (χ2n) is 4.64. The molecule has 4 nitrogen and oxygen atoms in total. The number of carbonyl (C=O) groups excluding carboxylic acids is 1. The fraction of sp³-hybridized carbons (Fsp3) is 0.200. The van der Waals surface area contributed by atoms with E-state index in [2.05, 4.69) is 0 Å². The minimum atomic E-state index is -1.08. The molecule has 2 rings (SSSR count). The normalized spacial score (nSPS) is 10.6. The average molecular weight is 275 g/mol. The number of ketones is 1. The topological polar surface area (TPSA) is 59.3 Å².